The van der Waals surface area contributed by atoms with Crippen LogP contribution >= 0.6 is 0 Å². The van der Waals surface area contributed by atoms with Gasteiger partial charge >= 0.3 is 0 Å². The average molecular weight is 598 g/mol. The van der Waals surface area contributed by atoms with E-state index in [4.69, 9.17) is 4.42 Å². The van der Waals surface area contributed by atoms with E-state index in [1.54, 1.807) is 0 Å². The average Bonchev–Trinajstić information content (AvgIpc) is 3.53. The Morgan fingerprint density at radius 1 is 0.500 bits per heavy atom. The molecule has 226 valence electrons. The maximum absolute atomic E-state index is 6.67. The lowest BCUT2D eigenvalue weighted by atomic mass is 9.86. The van der Waals surface area contributed by atoms with E-state index in [1.165, 1.54) is 92.8 Å². The van der Waals surface area contributed by atoms with Gasteiger partial charge in [0, 0.05) is 43.4 Å². The van der Waals surface area contributed by atoms with Crippen LogP contribution in [0, 0.1) is 13.8 Å². The summed E-state index contributed by atoms with van der Waals surface area (Å²) < 4.78 is 9.18. The fourth-order valence-electron chi connectivity index (χ4n) is 7.95. The van der Waals surface area contributed by atoms with Crippen LogP contribution < -0.4 is 0 Å². The number of aryl methyl sites for hydroxylation is 2. The SMILES string of the molecule is Cc1cc(C)cc(-n2c3ccc(C(C)(C)C)cc3c3cc4ccc5c6oc7ccc(C(C)(C)C)cc7c6cc6ccc(c4c65)c32)c1. The Bertz CT molecular complexity index is 2700. The standard InChI is InChI=1S/C44H39NO/c1-24-17-25(2)19-30(18-24)45-37-15-11-28(43(3,4)5)22-33(37)35-20-26-10-14-32-40-27(9-13-31(39(26)40)41(35)45)21-36-34-23-29(44(6,7)8)12-16-38(34)46-42(32)36/h9-23H,1-8H3. The van der Waals surface area contributed by atoms with Crippen LogP contribution in [0.4, 0.5) is 0 Å². The fourth-order valence-corrected chi connectivity index (χ4v) is 7.95. The minimum Gasteiger partial charge on any atom is -0.455 e. The number of hydrogen-bond acceptors (Lipinski definition) is 1. The molecule has 0 N–H and O–H groups in total. The molecular formula is C44H39NO. The highest BCUT2D eigenvalue weighted by molar-refractivity contribution is 6.35. The lowest BCUT2D eigenvalue weighted by Gasteiger charge is -2.19. The van der Waals surface area contributed by atoms with Gasteiger partial charge in [-0.2, -0.15) is 0 Å². The molecule has 9 rings (SSSR count). The van der Waals surface area contributed by atoms with E-state index in [-0.39, 0.29) is 10.8 Å². The highest BCUT2D eigenvalue weighted by Gasteiger charge is 2.23. The first-order valence-corrected chi connectivity index (χ1v) is 16.5. The molecule has 0 atom stereocenters. The molecule has 46 heavy (non-hydrogen) atoms. The van der Waals surface area contributed by atoms with E-state index < -0.39 is 0 Å². The number of aromatic nitrogens is 1. The number of fused-ring (bicyclic) bond motifs is 8. The zero-order valence-electron chi connectivity index (χ0n) is 28.0. The Morgan fingerprint density at radius 3 is 1.76 bits per heavy atom. The first-order valence-electron chi connectivity index (χ1n) is 16.5. The first kappa shape index (κ1) is 27.5. The summed E-state index contributed by atoms with van der Waals surface area (Å²) in [4.78, 5) is 0. The second-order valence-corrected chi connectivity index (χ2v) is 15.7. The van der Waals surface area contributed by atoms with Crippen LogP contribution in [0.25, 0.3) is 81.7 Å². The molecule has 0 unspecified atom stereocenters. The van der Waals surface area contributed by atoms with Crippen LogP contribution in [0.1, 0.15) is 63.8 Å². The monoisotopic (exact) mass is 597 g/mol. The summed E-state index contributed by atoms with van der Waals surface area (Å²) >= 11 is 0. The summed E-state index contributed by atoms with van der Waals surface area (Å²) in [7, 11) is 0. The topological polar surface area (TPSA) is 18.1 Å². The van der Waals surface area contributed by atoms with Crippen LogP contribution in [0.5, 0.6) is 0 Å². The smallest absolute Gasteiger partial charge is 0.143 e. The molecule has 0 saturated carbocycles. The third-order valence-electron chi connectivity index (χ3n) is 10.3. The van der Waals surface area contributed by atoms with Crippen molar-refractivity contribution in [2.24, 2.45) is 0 Å². The summed E-state index contributed by atoms with van der Waals surface area (Å²) in [5, 5.41) is 12.6. The van der Waals surface area contributed by atoms with Crippen molar-refractivity contribution in [1.29, 1.82) is 0 Å². The van der Waals surface area contributed by atoms with Gasteiger partial charge in [0.15, 0.2) is 0 Å². The number of rotatable bonds is 1. The molecule has 0 radical (unpaired) electrons. The maximum Gasteiger partial charge on any atom is 0.143 e. The number of hydrogen-bond donors (Lipinski definition) is 0. The van der Waals surface area contributed by atoms with Gasteiger partial charge in [0.2, 0.25) is 0 Å². The molecule has 0 fully saturated rings. The van der Waals surface area contributed by atoms with Gasteiger partial charge < -0.3 is 8.98 Å². The predicted octanol–water partition coefficient (Wildman–Crippen LogP) is 12.8. The van der Waals surface area contributed by atoms with E-state index >= 15 is 0 Å². The van der Waals surface area contributed by atoms with Crippen LogP contribution in [0.3, 0.4) is 0 Å². The Hall–Kier alpha value is -4.82. The highest BCUT2D eigenvalue weighted by Crippen LogP contribution is 2.46. The van der Waals surface area contributed by atoms with Crippen molar-refractivity contribution in [3.8, 4) is 5.69 Å². The van der Waals surface area contributed by atoms with Crippen molar-refractivity contribution in [2.45, 2.75) is 66.2 Å². The summed E-state index contributed by atoms with van der Waals surface area (Å²) in [5.41, 5.74) is 11.0. The molecule has 0 aliphatic heterocycles. The largest absolute Gasteiger partial charge is 0.455 e. The summed E-state index contributed by atoms with van der Waals surface area (Å²) in [6, 6.07) is 34.8. The third kappa shape index (κ3) is 3.76. The van der Waals surface area contributed by atoms with E-state index in [0.29, 0.717) is 0 Å². The Kier molecular flexibility index (Phi) is 5.33. The molecule has 2 nitrogen and oxygen atoms in total. The molecule has 2 aromatic heterocycles. The molecule has 9 aromatic rings. The van der Waals surface area contributed by atoms with Gasteiger partial charge in [0.05, 0.1) is 11.0 Å². The van der Waals surface area contributed by atoms with Crippen molar-refractivity contribution in [1.82, 2.24) is 4.57 Å². The van der Waals surface area contributed by atoms with Crippen LogP contribution in [-0.2, 0) is 10.8 Å². The molecule has 0 aliphatic carbocycles. The summed E-state index contributed by atoms with van der Waals surface area (Å²) in [5.74, 6) is 0. The molecular weight excluding hydrogens is 558 g/mol. The molecule has 7 aromatic carbocycles. The summed E-state index contributed by atoms with van der Waals surface area (Å²) in [6.07, 6.45) is 0. The lowest BCUT2D eigenvalue weighted by molar-refractivity contribution is 0.590. The van der Waals surface area contributed by atoms with Gasteiger partial charge in [-0.15, -0.1) is 0 Å². The van der Waals surface area contributed by atoms with Crippen molar-refractivity contribution >= 4 is 76.1 Å². The summed E-state index contributed by atoms with van der Waals surface area (Å²) in [6.45, 7) is 18.1. The molecule has 0 bridgehead atoms. The van der Waals surface area contributed by atoms with Crippen LogP contribution in [0.15, 0.2) is 95.4 Å². The minimum atomic E-state index is 0.0598. The zero-order valence-corrected chi connectivity index (χ0v) is 28.0. The second-order valence-electron chi connectivity index (χ2n) is 15.7. The fraction of sp³-hybridized carbons (Fsp3) is 0.227. The quantitative estimate of drug-likeness (QED) is 0.172. The highest BCUT2D eigenvalue weighted by atomic mass is 16.3. The Labute approximate surface area is 269 Å². The van der Waals surface area contributed by atoms with Gasteiger partial charge in [-0.3, -0.25) is 0 Å². The number of nitrogens with zero attached hydrogens (tertiary/aromatic N) is 1. The number of benzene rings is 7. The minimum absolute atomic E-state index is 0.0598. The van der Waals surface area contributed by atoms with Crippen molar-refractivity contribution in [3.63, 3.8) is 0 Å². The third-order valence-corrected chi connectivity index (χ3v) is 10.3. The predicted molar refractivity (Wildman–Crippen MR) is 199 cm³/mol. The van der Waals surface area contributed by atoms with Gasteiger partial charge in [-0.25, -0.2) is 0 Å². The molecule has 0 saturated heterocycles. The van der Waals surface area contributed by atoms with Gasteiger partial charge in [-0.1, -0.05) is 77.9 Å². The van der Waals surface area contributed by atoms with Crippen molar-refractivity contribution < 1.29 is 4.42 Å². The lowest BCUT2D eigenvalue weighted by Crippen LogP contribution is -2.10. The first-order chi connectivity index (χ1) is 21.9. The van der Waals surface area contributed by atoms with E-state index in [1.807, 2.05) is 0 Å². The Morgan fingerprint density at radius 2 is 1.09 bits per heavy atom. The molecule has 0 spiro atoms. The van der Waals surface area contributed by atoms with Crippen molar-refractivity contribution in [3.05, 3.63) is 113 Å². The van der Waals surface area contributed by atoms with Gasteiger partial charge in [-0.05, 0) is 118 Å². The Balaban J connectivity index is 1.45. The van der Waals surface area contributed by atoms with E-state index in [2.05, 4.69) is 151 Å². The van der Waals surface area contributed by atoms with Crippen LogP contribution in [-0.4, -0.2) is 4.57 Å². The maximum atomic E-state index is 6.67. The zero-order chi connectivity index (χ0) is 31.9. The molecule has 0 aliphatic rings. The second kappa shape index (κ2) is 8.91. The molecule has 2 heteroatoms. The molecule has 0 amide bonds. The van der Waals surface area contributed by atoms with E-state index in [9.17, 15) is 0 Å². The number of furan rings is 1. The van der Waals surface area contributed by atoms with E-state index in [0.717, 1.165) is 11.2 Å². The normalized spacial score (nSPS) is 13.2. The molecule has 2 heterocycles. The van der Waals surface area contributed by atoms with Gasteiger partial charge in [0.1, 0.15) is 11.2 Å². The van der Waals surface area contributed by atoms with Crippen LogP contribution in [0.2, 0.25) is 0 Å². The van der Waals surface area contributed by atoms with Gasteiger partial charge in [0.25, 0.3) is 0 Å². The van der Waals surface area contributed by atoms with Crippen molar-refractivity contribution in [2.75, 3.05) is 0 Å².